The molecule has 1 aromatic carbocycles. The second-order valence-electron chi connectivity index (χ2n) is 4.59. The zero-order valence-electron chi connectivity index (χ0n) is 11.1. The van der Waals surface area contributed by atoms with Gasteiger partial charge in [-0.3, -0.25) is 4.79 Å². The standard InChI is InChI=1S/C14H15N3O2.ClH/c1-10-8-13(19-16-10)14(18)17-7-6-15-9-11-4-2-3-5-12(11)17;/h2-5,8,15H,6-7,9H2,1H3;1H. The minimum atomic E-state index is -0.142. The monoisotopic (exact) mass is 293 g/mol. The molecule has 0 radical (unpaired) electrons. The number of hydrogen-bond donors (Lipinski definition) is 1. The molecule has 3 rings (SSSR count). The minimum absolute atomic E-state index is 0. The Morgan fingerprint density at radius 1 is 1.40 bits per heavy atom. The molecule has 6 heteroatoms. The smallest absolute Gasteiger partial charge is 0.296 e. The van der Waals surface area contributed by atoms with Crippen LogP contribution in [0.5, 0.6) is 0 Å². The number of carbonyl (C=O) groups excluding carboxylic acids is 1. The van der Waals surface area contributed by atoms with Crippen molar-refractivity contribution in [2.45, 2.75) is 13.5 Å². The van der Waals surface area contributed by atoms with Gasteiger partial charge in [0.1, 0.15) is 0 Å². The van der Waals surface area contributed by atoms with Gasteiger partial charge in [0.2, 0.25) is 5.76 Å². The highest BCUT2D eigenvalue weighted by Gasteiger charge is 2.24. The molecule has 1 aliphatic heterocycles. The summed E-state index contributed by atoms with van der Waals surface area (Å²) in [4.78, 5) is 14.2. The van der Waals surface area contributed by atoms with Crippen molar-refractivity contribution < 1.29 is 9.32 Å². The fraction of sp³-hybridized carbons (Fsp3) is 0.286. The number of anilines is 1. The van der Waals surface area contributed by atoms with Crippen LogP contribution in [-0.2, 0) is 6.54 Å². The first kappa shape index (κ1) is 14.6. The van der Waals surface area contributed by atoms with Crippen molar-refractivity contribution in [1.29, 1.82) is 0 Å². The van der Waals surface area contributed by atoms with Crippen LogP contribution < -0.4 is 10.2 Å². The number of carbonyl (C=O) groups is 1. The summed E-state index contributed by atoms with van der Waals surface area (Å²) in [5.41, 5.74) is 2.76. The summed E-state index contributed by atoms with van der Waals surface area (Å²) in [5.74, 6) is 0.144. The molecular formula is C14H16ClN3O2. The van der Waals surface area contributed by atoms with Crippen LogP contribution in [0.3, 0.4) is 0 Å². The van der Waals surface area contributed by atoms with E-state index in [0.717, 1.165) is 24.3 Å². The zero-order chi connectivity index (χ0) is 13.2. The van der Waals surface area contributed by atoms with E-state index in [-0.39, 0.29) is 24.1 Å². The third kappa shape index (κ3) is 2.69. The van der Waals surface area contributed by atoms with Gasteiger partial charge >= 0.3 is 0 Å². The lowest BCUT2D eigenvalue weighted by molar-refractivity contribution is 0.0952. The second kappa shape index (κ2) is 6.07. The molecule has 0 fully saturated rings. The topological polar surface area (TPSA) is 58.4 Å². The van der Waals surface area contributed by atoms with Crippen LogP contribution in [0.25, 0.3) is 0 Å². The van der Waals surface area contributed by atoms with Crippen LogP contribution in [0.15, 0.2) is 34.9 Å². The predicted octanol–water partition coefficient (Wildman–Crippen LogP) is 2.15. The maximum atomic E-state index is 12.5. The van der Waals surface area contributed by atoms with Crippen LogP contribution >= 0.6 is 12.4 Å². The Kier molecular flexibility index (Phi) is 4.42. The summed E-state index contributed by atoms with van der Waals surface area (Å²) < 4.78 is 5.07. The van der Waals surface area contributed by atoms with Crippen LogP contribution in [0, 0.1) is 6.92 Å². The van der Waals surface area contributed by atoms with Crippen molar-refractivity contribution in [2.75, 3.05) is 18.0 Å². The van der Waals surface area contributed by atoms with Gasteiger partial charge in [-0.2, -0.15) is 0 Å². The molecule has 0 bridgehead atoms. The molecule has 0 aliphatic carbocycles. The maximum Gasteiger partial charge on any atom is 0.296 e. The molecule has 0 saturated carbocycles. The number of aromatic nitrogens is 1. The summed E-state index contributed by atoms with van der Waals surface area (Å²) in [6, 6.07) is 9.58. The summed E-state index contributed by atoms with van der Waals surface area (Å²) in [6.45, 7) is 3.96. The molecule has 0 spiro atoms. The molecule has 5 nitrogen and oxygen atoms in total. The number of aryl methyl sites for hydroxylation is 1. The Hall–Kier alpha value is -1.85. The summed E-state index contributed by atoms with van der Waals surface area (Å²) in [6.07, 6.45) is 0. The zero-order valence-corrected chi connectivity index (χ0v) is 11.9. The lowest BCUT2D eigenvalue weighted by Gasteiger charge is -2.20. The van der Waals surface area contributed by atoms with E-state index in [1.54, 1.807) is 17.9 Å². The van der Waals surface area contributed by atoms with Crippen molar-refractivity contribution in [3.8, 4) is 0 Å². The Bertz CT molecular complexity index is 612. The fourth-order valence-corrected chi connectivity index (χ4v) is 2.27. The number of amides is 1. The number of hydrogen-bond acceptors (Lipinski definition) is 4. The van der Waals surface area contributed by atoms with E-state index in [0.29, 0.717) is 12.2 Å². The minimum Gasteiger partial charge on any atom is -0.351 e. The molecule has 2 heterocycles. The van der Waals surface area contributed by atoms with E-state index >= 15 is 0 Å². The molecule has 1 aromatic heterocycles. The van der Waals surface area contributed by atoms with E-state index in [4.69, 9.17) is 4.52 Å². The lowest BCUT2D eigenvalue weighted by Crippen LogP contribution is -2.34. The SMILES string of the molecule is Cc1cc(C(=O)N2CCNCc3ccccc32)on1.Cl. The van der Waals surface area contributed by atoms with E-state index in [1.807, 2.05) is 24.3 Å². The molecule has 20 heavy (non-hydrogen) atoms. The van der Waals surface area contributed by atoms with Crippen molar-refractivity contribution in [1.82, 2.24) is 10.5 Å². The number of nitrogens with zero attached hydrogens (tertiary/aromatic N) is 2. The van der Waals surface area contributed by atoms with Gasteiger partial charge < -0.3 is 14.7 Å². The first-order valence-electron chi connectivity index (χ1n) is 6.29. The third-order valence-corrected chi connectivity index (χ3v) is 3.19. The number of nitrogens with one attached hydrogen (secondary N) is 1. The number of para-hydroxylation sites is 1. The van der Waals surface area contributed by atoms with Crippen molar-refractivity contribution >= 4 is 24.0 Å². The summed E-state index contributed by atoms with van der Waals surface area (Å²) >= 11 is 0. The van der Waals surface area contributed by atoms with Gasteiger partial charge in [0.05, 0.1) is 5.69 Å². The Balaban J connectivity index is 0.00000147. The second-order valence-corrected chi connectivity index (χ2v) is 4.59. The van der Waals surface area contributed by atoms with Crippen LogP contribution in [0.4, 0.5) is 5.69 Å². The van der Waals surface area contributed by atoms with Crippen LogP contribution in [0.1, 0.15) is 21.8 Å². The highest BCUT2D eigenvalue weighted by atomic mass is 35.5. The van der Waals surface area contributed by atoms with Gasteiger partial charge in [0, 0.05) is 31.4 Å². The molecule has 0 atom stereocenters. The number of benzene rings is 1. The van der Waals surface area contributed by atoms with Gasteiger partial charge in [-0.1, -0.05) is 23.4 Å². The Morgan fingerprint density at radius 2 is 2.20 bits per heavy atom. The molecule has 0 saturated heterocycles. The van der Waals surface area contributed by atoms with Crippen molar-refractivity contribution in [3.05, 3.63) is 47.3 Å². The van der Waals surface area contributed by atoms with E-state index in [9.17, 15) is 4.79 Å². The molecule has 1 aliphatic rings. The Morgan fingerprint density at radius 3 is 2.95 bits per heavy atom. The number of fused-ring (bicyclic) bond motifs is 1. The number of rotatable bonds is 1. The molecule has 1 N–H and O–H groups in total. The van der Waals surface area contributed by atoms with Gasteiger partial charge in [0.25, 0.3) is 5.91 Å². The largest absolute Gasteiger partial charge is 0.351 e. The highest BCUT2D eigenvalue weighted by molar-refractivity contribution is 6.04. The highest BCUT2D eigenvalue weighted by Crippen LogP contribution is 2.24. The normalized spacial score (nSPS) is 14.2. The average molecular weight is 294 g/mol. The van der Waals surface area contributed by atoms with Crippen molar-refractivity contribution in [2.24, 2.45) is 0 Å². The average Bonchev–Trinajstić information content (AvgIpc) is 2.74. The summed E-state index contributed by atoms with van der Waals surface area (Å²) in [5, 5.41) is 7.08. The van der Waals surface area contributed by atoms with E-state index < -0.39 is 0 Å². The predicted molar refractivity (Wildman–Crippen MR) is 78.3 cm³/mol. The van der Waals surface area contributed by atoms with Crippen LogP contribution in [-0.4, -0.2) is 24.2 Å². The first-order valence-corrected chi connectivity index (χ1v) is 6.29. The fourth-order valence-electron chi connectivity index (χ4n) is 2.27. The van der Waals surface area contributed by atoms with Gasteiger partial charge in [0.15, 0.2) is 0 Å². The van der Waals surface area contributed by atoms with Crippen molar-refractivity contribution in [3.63, 3.8) is 0 Å². The van der Waals surface area contributed by atoms with E-state index in [2.05, 4.69) is 10.5 Å². The third-order valence-electron chi connectivity index (χ3n) is 3.19. The van der Waals surface area contributed by atoms with Gasteiger partial charge in [-0.15, -0.1) is 12.4 Å². The molecule has 106 valence electrons. The molecular weight excluding hydrogens is 278 g/mol. The molecule has 0 unspecified atom stereocenters. The quantitative estimate of drug-likeness (QED) is 0.875. The van der Waals surface area contributed by atoms with Gasteiger partial charge in [-0.05, 0) is 18.6 Å². The van der Waals surface area contributed by atoms with E-state index in [1.165, 1.54) is 0 Å². The van der Waals surface area contributed by atoms with Gasteiger partial charge in [-0.25, -0.2) is 0 Å². The lowest BCUT2D eigenvalue weighted by atomic mass is 10.1. The summed E-state index contributed by atoms with van der Waals surface area (Å²) in [7, 11) is 0. The first-order chi connectivity index (χ1) is 9.25. The molecule has 1 amide bonds. The maximum absolute atomic E-state index is 12.5. The Labute approximate surface area is 123 Å². The number of halogens is 1. The molecule has 2 aromatic rings. The van der Waals surface area contributed by atoms with Crippen LogP contribution in [0.2, 0.25) is 0 Å².